The Kier molecular flexibility index (Phi) is 1.55. The van der Waals surface area contributed by atoms with Gasteiger partial charge in [-0.05, 0) is 17.7 Å². The number of rotatable bonds is 1. The fourth-order valence-corrected chi connectivity index (χ4v) is 1.20. The predicted molar refractivity (Wildman–Crippen MR) is 45.7 cm³/mol. The van der Waals surface area contributed by atoms with Crippen LogP contribution in [-0.2, 0) is 5.88 Å². The third-order valence-electron chi connectivity index (χ3n) is 1.61. The zero-order chi connectivity index (χ0) is 7.68. The fourth-order valence-electron chi connectivity index (χ4n) is 1.06. The second-order valence-electron chi connectivity index (χ2n) is 2.39. The standard InChI is InChI=1S/C8H7ClN2/c9-4-6-3-7-1-2-10-8(7)11-5-6/h1-3,5H,4H2,(H,10,11). The van der Waals surface area contributed by atoms with E-state index in [9.17, 15) is 0 Å². The number of halogens is 1. The minimum absolute atomic E-state index is 0.522. The van der Waals surface area contributed by atoms with Gasteiger partial charge in [-0.15, -0.1) is 11.6 Å². The van der Waals surface area contributed by atoms with E-state index >= 15 is 0 Å². The zero-order valence-corrected chi connectivity index (χ0v) is 6.60. The van der Waals surface area contributed by atoms with Gasteiger partial charge in [0.05, 0.1) is 0 Å². The van der Waals surface area contributed by atoms with Crippen LogP contribution in [0, 0.1) is 0 Å². The van der Waals surface area contributed by atoms with Gasteiger partial charge < -0.3 is 4.98 Å². The molecule has 0 unspecified atom stereocenters. The van der Waals surface area contributed by atoms with Gasteiger partial charge in [0.25, 0.3) is 0 Å². The minimum atomic E-state index is 0.522. The lowest BCUT2D eigenvalue weighted by atomic mass is 10.2. The summed E-state index contributed by atoms with van der Waals surface area (Å²) in [6, 6.07) is 4.02. The second-order valence-corrected chi connectivity index (χ2v) is 2.66. The maximum Gasteiger partial charge on any atom is 0.137 e. The lowest BCUT2D eigenvalue weighted by molar-refractivity contribution is 1.27. The van der Waals surface area contributed by atoms with Crippen molar-refractivity contribution in [1.82, 2.24) is 9.97 Å². The van der Waals surface area contributed by atoms with Crippen molar-refractivity contribution in [2.75, 3.05) is 0 Å². The molecule has 2 aromatic heterocycles. The van der Waals surface area contributed by atoms with E-state index in [1.807, 2.05) is 18.3 Å². The molecule has 2 heterocycles. The predicted octanol–water partition coefficient (Wildman–Crippen LogP) is 2.30. The van der Waals surface area contributed by atoms with E-state index < -0.39 is 0 Å². The smallest absolute Gasteiger partial charge is 0.137 e. The molecule has 2 aromatic rings. The molecule has 0 spiro atoms. The Balaban J connectivity index is 2.67. The van der Waals surface area contributed by atoms with Crippen molar-refractivity contribution in [3.8, 4) is 0 Å². The molecule has 2 rings (SSSR count). The van der Waals surface area contributed by atoms with E-state index in [1.165, 1.54) is 0 Å². The molecule has 0 aromatic carbocycles. The number of pyridine rings is 1. The van der Waals surface area contributed by atoms with Crippen LogP contribution < -0.4 is 0 Å². The van der Waals surface area contributed by atoms with Crippen LogP contribution in [0.15, 0.2) is 24.5 Å². The summed E-state index contributed by atoms with van der Waals surface area (Å²) in [4.78, 5) is 7.19. The van der Waals surface area contributed by atoms with Crippen LogP contribution in [0.4, 0.5) is 0 Å². The summed E-state index contributed by atoms with van der Waals surface area (Å²) in [7, 11) is 0. The normalized spacial score (nSPS) is 10.6. The van der Waals surface area contributed by atoms with Crippen LogP contribution >= 0.6 is 11.6 Å². The fraction of sp³-hybridized carbons (Fsp3) is 0.125. The molecule has 0 saturated carbocycles. The summed E-state index contributed by atoms with van der Waals surface area (Å²) in [5.41, 5.74) is 1.97. The highest BCUT2D eigenvalue weighted by Crippen LogP contribution is 2.12. The largest absolute Gasteiger partial charge is 0.346 e. The van der Waals surface area contributed by atoms with Gasteiger partial charge in [0, 0.05) is 23.7 Å². The van der Waals surface area contributed by atoms with Gasteiger partial charge in [0.15, 0.2) is 0 Å². The first-order valence-electron chi connectivity index (χ1n) is 3.38. The zero-order valence-electron chi connectivity index (χ0n) is 5.84. The monoisotopic (exact) mass is 166 g/mol. The van der Waals surface area contributed by atoms with Gasteiger partial charge in [0.2, 0.25) is 0 Å². The number of hydrogen-bond donors (Lipinski definition) is 1. The molecule has 0 aliphatic heterocycles. The topological polar surface area (TPSA) is 28.7 Å². The van der Waals surface area contributed by atoms with E-state index in [-0.39, 0.29) is 0 Å². The van der Waals surface area contributed by atoms with Crippen molar-refractivity contribution >= 4 is 22.6 Å². The third-order valence-corrected chi connectivity index (χ3v) is 1.92. The maximum absolute atomic E-state index is 5.64. The Morgan fingerprint density at radius 2 is 2.45 bits per heavy atom. The first-order valence-corrected chi connectivity index (χ1v) is 3.91. The van der Waals surface area contributed by atoms with Crippen molar-refractivity contribution in [2.45, 2.75) is 5.88 Å². The first kappa shape index (κ1) is 6.68. The minimum Gasteiger partial charge on any atom is -0.346 e. The maximum atomic E-state index is 5.64. The average molecular weight is 167 g/mol. The lowest BCUT2D eigenvalue weighted by Gasteiger charge is -1.92. The Bertz CT molecular complexity index is 367. The molecule has 0 aliphatic carbocycles. The van der Waals surface area contributed by atoms with Crippen molar-refractivity contribution < 1.29 is 0 Å². The van der Waals surface area contributed by atoms with Crippen LogP contribution in [0.25, 0.3) is 11.0 Å². The quantitative estimate of drug-likeness (QED) is 0.647. The Labute approximate surface area is 69.2 Å². The molecule has 0 fully saturated rings. The number of aromatic nitrogens is 2. The van der Waals surface area contributed by atoms with Gasteiger partial charge in [-0.3, -0.25) is 0 Å². The number of alkyl halides is 1. The van der Waals surface area contributed by atoms with Gasteiger partial charge in [-0.25, -0.2) is 4.98 Å². The highest BCUT2D eigenvalue weighted by atomic mass is 35.5. The van der Waals surface area contributed by atoms with E-state index in [2.05, 4.69) is 9.97 Å². The number of nitrogens with zero attached hydrogens (tertiary/aromatic N) is 1. The average Bonchev–Trinajstić information content (AvgIpc) is 2.50. The summed E-state index contributed by atoms with van der Waals surface area (Å²) in [6.45, 7) is 0. The van der Waals surface area contributed by atoms with Crippen LogP contribution in [-0.4, -0.2) is 9.97 Å². The summed E-state index contributed by atoms with van der Waals surface area (Å²) in [5.74, 6) is 0.522. The molecule has 0 amide bonds. The molecular weight excluding hydrogens is 160 g/mol. The van der Waals surface area contributed by atoms with Crippen molar-refractivity contribution in [1.29, 1.82) is 0 Å². The van der Waals surface area contributed by atoms with Gasteiger partial charge in [0.1, 0.15) is 5.65 Å². The molecule has 0 radical (unpaired) electrons. The van der Waals surface area contributed by atoms with Gasteiger partial charge >= 0.3 is 0 Å². The van der Waals surface area contributed by atoms with Crippen LogP contribution in [0.1, 0.15) is 5.56 Å². The molecule has 11 heavy (non-hydrogen) atoms. The lowest BCUT2D eigenvalue weighted by Crippen LogP contribution is -1.80. The van der Waals surface area contributed by atoms with Crippen LogP contribution in [0.2, 0.25) is 0 Å². The Morgan fingerprint density at radius 3 is 3.27 bits per heavy atom. The van der Waals surface area contributed by atoms with E-state index in [0.29, 0.717) is 5.88 Å². The Morgan fingerprint density at radius 1 is 1.55 bits per heavy atom. The van der Waals surface area contributed by atoms with Crippen LogP contribution in [0.3, 0.4) is 0 Å². The van der Waals surface area contributed by atoms with E-state index in [4.69, 9.17) is 11.6 Å². The molecule has 0 aliphatic rings. The number of aromatic amines is 1. The van der Waals surface area contributed by atoms with E-state index in [0.717, 1.165) is 16.6 Å². The summed E-state index contributed by atoms with van der Waals surface area (Å²) < 4.78 is 0. The molecule has 1 N–H and O–H groups in total. The SMILES string of the molecule is ClCc1cnc2[nH]ccc2c1. The highest BCUT2D eigenvalue weighted by Gasteiger charge is 1.95. The molecule has 3 heteroatoms. The molecule has 0 bridgehead atoms. The molecule has 0 atom stereocenters. The third kappa shape index (κ3) is 1.10. The van der Waals surface area contributed by atoms with E-state index in [1.54, 1.807) is 6.20 Å². The summed E-state index contributed by atoms with van der Waals surface area (Å²) >= 11 is 5.64. The molecule has 2 nitrogen and oxygen atoms in total. The van der Waals surface area contributed by atoms with Crippen LogP contribution in [0.5, 0.6) is 0 Å². The molecule has 0 saturated heterocycles. The van der Waals surface area contributed by atoms with Crippen molar-refractivity contribution in [2.24, 2.45) is 0 Å². The summed E-state index contributed by atoms with van der Waals surface area (Å²) in [6.07, 6.45) is 3.65. The van der Waals surface area contributed by atoms with Crippen molar-refractivity contribution in [3.05, 3.63) is 30.1 Å². The highest BCUT2D eigenvalue weighted by molar-refractivity contribution is 6.17. The number of hydrogen-bond acceptors (Lipinski definition) is 1. The second kappa shape index (κ2) is 2.55. The summed E-state index contributed by atoms with van der Waals surface area (Å²) in [5, 5.41) is 1.11. The van der Waals surface area contributed by atoms with Crippen molar-refractivity contribution in [3.63, 3.8) is 0 Å². The Hall–Kier alpha value is -1.02. The molecular formula is C8H7ClN2. The number of fused-ring (bicyclic) bond motifs is 1. The van der Waals surface area contributed by atoms with Gasteiger partial charge in [-0.1, -0.05) is 0 Å². The molecule has 56 valence electrons. The van der Waals surface area contributed by atoms with Gasteiger partial charge in [-0.2, -0.15) is 0 Å². The number of nitrogens with one attached hydrogen (secondary N) is 1. The first-order chi connectivity index (χ1) is 5.40. The number of H-pyrrole nitrogens is 1.